The molecule has 0 bridgehead atoms. The first-order valence-electron chi connectivity index (χ1n) is 8.73. The predicted octanol–water partition coefficient (Wildman–Crippen LogP) is 4.10. The molecular formula is C18H23Cl2N5O. The van der Waals surface area contributed by atoms with Crippen molar-refractivity contribution in [3.05, 3.63) is 52.3 Å². The smallest absolute Gasteiger partial charge is 0.277 e. The van der Waals surface area contributed by atoms with Gasteiger partial charge in [0.2, 0.25) is 0 Å². The van der Waals surface area contributed by atoms with Gasteiger partial charge in [0.15, 0.2) is 0 Å². The number of benzene rings is 1. The van der Waals surface area contributed by atoms with Crippen LogP contribution in [0.25, 0.3) is 10.9 Å². The highest BCUT2D eigenvalue weighted by Crippen LogP contribution is 2.13. The van der Waals surface area contributed by atoms with Crippen molar-refractivity contribution in [3.63, 3.8) is 0 Å². The highest BCUT2D eigenvalue weighted by molar-refractivity contribution is 6.31. The van der Waals surface area contributed by atoms with Crippen LogP contribution < -0.4 is 5.56 Å². The Morgan fingerprint density at radius 1 is 1.00 bits per heavy atom. The molecule has 0 unspecified atom stereocenters. The maximum Gasteiger partial charge on any atom is 0.277 e. The Hall–Kier alpha value is -1.92. The minimum atomic E-state index is -0.118. The number of aromatic nitrogens is 5. The SMILES string of the molecule is Cl.O=c1c2cc(Cl)ccc2nnn1CCCCCCCCn1ccnc1. The average Bonchev–Trinajstić information content (AvgIpc) is 3.13. The van der Waals surface area contributed by atoms with Crippen LogP contribution in [0.3, 0.4) is 0 Å². The van der Waals surface area contributed by atoms with Gasteiger partial charge >= 0.3 is 0 Å². The van der Waals surface area contributed by atoms with Crippen LogP contribution in [0, 0.1) is 0 Å². The number of aryl methyl sites for hydroxylation is 2. The zero-order valence-electron chi connectivity index (χ0n) is 14.6. The van der Waals surface area contributed by atoms with E-state index in [1.54, 1.807) is 18.2 Å². The number of fused-ring (bicyclic) bond motifs is 1. The molecule has 3 aromatic rings. The van der Waals surface area contributed by atoms with Crippen LogP contribution in [0.4, 0.5) is 0 Å². The van der Waals surface area contributed by atoms with Gasteiger partial charge in [0.1, 0.15) is 5.52 Å². The maximum absolute atomic E-state index is 12.4. The number of imidazole rings is 1. The molecule has 140 valence electrons. The second-order valence-corrected chi connectivity index (χ2v) is 6.64. The summed E-state index contributed by atoms with van der Waals surface area (Å²) in [6, 6.07) is 5.10. The lowest BCUT2D eigenvalue weighted by molar-refractivity contribution is 0.488. The second kappa shape index (κ2) is 10.3. The fraction of sp³-hybridized carbons (Fsp3) is 0.444. The largest absolute Gasteiger partial charge is 0.337 e. The van der Waals surface area contributed by atoms with Crippen molar-refractivity contribution >= 4 is 34.9 Å². The van der Waals surface area contributed by atoms with Gasteiger partial charge in [-0.3, -0.25) is 4.79 Å². The van der Waals surface area contributed by atoms with Gasteiger partial charge in [0, 0.05) is 30.5 Å². The first kappa shape index (κ1) is 20.4. The van der Waals surface area contributed by atoms with Crippen molar-refractivity contribution in [1.29, 1.82) is 0 Å². The Labute approximate surface area is 163 Å². The molecule has 2 heterocycles. The van der Waals surface area contributed by atoms with Crippen LogP contribution in [0.1, 0.15) is 38.5 Å². The molecule has 0 aliphatic rings. The Kier molecular flexibility index (Phi) is 8.06. The third kappa shape index (κ3) is 5.54. The Morgan fingerprint density at radius 2 is 1.73 bits per heavy atom. The number of nitrogens with zero attached hydrogens (tertiary/aromatic N) is 5. The van der Waals surface area contributed by atoms with E-state index >= 15 is 0 Å². The lowest BCUT2D eigenvalue weighted by Gasteiger charge is -2.05. The summed E-state index contributed by atoms with van der Waals surface area (Å²) in [6.07, 6.45) is 12.5. The highest BCUT2D eigenvalue weighted by Gasteiger charge is 2.06. The second-order valence-electron chi connectivity index (χ2n) is 6.20. The molecule has 8 heteroatoms. The van der Waals surface area contributed by atoms with Gasteiger partial charge in [0.05, 0.1) is 11.7 Å². The van der Waals surface area contributed by atoms with Crippen molar-refractivity contribution in [1.82, 2.24) is 24.5 Å². The maximum atomic E-state index is 12.4. The molecule has 0 fully saturated rings. The zero-order valence-corrected chi connectivity index (χ0v) is 16.1. The Bertz CT molecular complexity index is 864. The summed E-state index contributed by atoms with van der Waals surface area (Å²) in [5.41, 5.74) is 0.469. The van der Waals surface area contributed by atoms with Crippen LogP contribution in [0.5, 0.6) is 0 Å². The predicted molar refractivity (Wildman–Crippen MR) is 106 cm³/mol. The van der Waals surface area contributed by atoms with Gasteiger partial charge in [0.25, 0.3) is 5.56 Å². The van der Waals surface area contributed by atoms with Crippen LogP contribution in [0.2, 0.25) is 5.02 Å². The zero-order chi connectivity index (χ0) is 17.5. The van der Waals surface area contributed by atoms with Crippen LogP contribution >= 0.6 is 24.0 Å². The van der Waals surface area contributed by atoms with Crippen LogP contribution in [-0.2, 0) is 13.1 Å². The van der Waals surface area contributed by atoms with E-state index in [1.807, 2.05) is 18.7 Å². The van der Waals surface area contributed by atoms with E-state index in [2.05, 4.69) is 19.9 Å². The van der Waals surface area contributed by atoms with E-state index in [9.17, 15) is 4.79 Å². The molecule has 0 radical (unpaired) electrons. The molecule has 2 aromatic heterocycles. The summed E-state index contributed by atoms with van der Waals surface area (Å²) >= 11 is 5.96. The first-order valence-corrected chi connectivity index (χ1v) is 9.10. The quantitative estimate of drug-likeness (QED) is 0.511. The molecule has 0 saturated heterocycles. The van der Waals surface area contributed by atoms with Crippen molar-refractivity contribution in [2.75, 3.05) is 0 Å². The summed E-state index contributed by atoms with van der Waals surface area (Å²) < 4.78 is 3.55. The summed E-state index contributed by atoms with van der Waals surface area (Å²) in [6.45, 7) is 1.63. The van der Waals surface area contributed by atoms with Crippen LogP contribution in [0.15, 0.2) is 41.7 Å². The van der Waals surface area contributed by atoms with E-state index < -0.39 is 0 Å². The number of rotatable bonds is 9. The molecule has 0 spiro atoms. The third-order valence-corrected chi connectivity index (χ3v) is 4.51. The minimum absolute atomic E-state index is 0. The Balaban J connectivity index is 0.00000243. The molecule has 0 atom stereocenters. The van der Waals surface area contributed by atoms with E-state index in [0.29, 0.717) is 22.5 Å². The van der Waals surface area contributed by atoms with Crippen molar-refractivity contribution in [2.45, 2.75) is 51.6 Å². The number of halogens is 2. The summed E-state index contributed by atoms with van der Waals surface area (Å²) in [7, 11) is 0. The van der Waals surface area contributed by atoms with Gasteiger partial charge in [-0.15, -0.1) is 17.5 Å². The fourth-order valence-electron chi connectivity index (χ4n) is 2.88. The Morgan fingerprint density at radius 3 is 2.46 bits per heavy atom. The molecule has 6 nitrogen and oxygen atoms in total. The third-order valence-electron chi connectivity index (χ3n) is 4.28. The van der Waals surface area contributed by atoms with Gasteiger partial charge in [-0.1, -0.05) is 42.5 Å². The molecule has 1 aromatic carbocycles. The molecule has 0 amide bonds. The topological polar surface area (TPSA) is 65.6 Å². The van der Waals surface area contributed by atoms with Crippen molar-refractivity contribution in [3.8, 4) is 0 Å². The lowest BCUT2D eigenvalue weighted by atomic mass is 10.1. The molecule has 0 saturated carbocycles. The van der Waals surface area contributed by atoms with E-state index in [1.165, 1.54) is 30.4 Å². The van der Waals surface area contributed by atoms with Crippen molar-refractivity contribution in [2.24, 2.45) is 0 Å². The molecule has 0 N–H and O–H groups in total. The van der Waals surface area contributed by atoms with Crippen molar-refractivity contribution < 1.29 is 0 Å². The van der Waals surface area contributed by atoms with Crippen LogP contribution in [-0.4, -0.2) is 24.5 Å². The van der Waals surface area contributed by atoms with Gasteiger partial charge in [-0.05, 0) is 31.0 Å². The summed E-state index contributed by atoms with van der Waals surface area (Å²) in [5.74, 6) is 0. The standard InChI is InChI=1S/C18H22ClN5O.ClH/c19-15-7-8-17-16(13-15)18(25)24(22-21-17)11-6-4-2-1-3-5-10-23-12-9-20-14-23;/h7-9,12-14H,1-6,10-11H2;1H. The van der Waals surface area contributed by atoms with E-state index in [4.69, 9.17) is 11.6 Å². The molecule has 26 heavy (non-hydrogen) atoms. The summed E-state index contributed by atoms with van der Waals surface area (Å²) in [4.78, 5) is 16.4. The number of hydrogen-bond donors (Lipinski definition) is 0. The monoisotopic (exact) mass is 395 g/mol. The molecule has 3 rings (SSSR count). The molecule has 0 aliphatic carbocycles. The van der Waals surface area contributed by atoms with E-state index in [0.717, 1.165) is 19.4 Å². The normalized spacial score (nSPS) is 10.8. The van der Waals surface area contributed by atoms with Gasteiger partial charge < -0.3 is 4.57 Å². The lowest BCUT2D eigenvalue weighted by Crippen LogP contribution is -2.24. The highest BCUT2D eigenvalue weighted by atomic mass is 35.5. The average molecular weight is 396 g/mol. The van der Waals surface area contributed by atoms with E-state index in [-0.39, 0.29) is 18.0 Å². The van der Waals surface area contributed by atoms with Gasteiger partial charge in [-0.2, -0.15) is 0 Å². The number of unbranched alkanes of at least 4 members (excludes halogenated alkanes) is 5. The van der Waals surface area contributed by atoms with Gasteiger partial charge in [-0.25, -0.2) is 9.67 Å². The summed E-state index contributed by atoms with van der Waals surface area (Å²) in [5, 5.41) is 9.18. The first-order chi connectivity index (χ1) is 12.2. The fourth-order valence-corrected chi connectivity index (χ4v) is 3.05. The molecule has 0 aliphatic heterocycles. The number of hydrogen-bond acceptors (Lipinski definition) is 4. The minimum Gasteiger partial charge on any atom is -0.337 e. The molecular weight excluding hydrogens is 373 g/mol.